The lowest BCUT2D eigenvalue weighted by atomic mass is 10.00. The minimum Gasteiger partial charge on any atom is -0.493 e. The quantitative estimate of drug-likeness (QED) is 0.318. The largest absolute Gasteiger partial charge is 0.493 e. The summed E-state index contributed by atoms with van der Waals surface area (Å²) in [4.78, 5) is 0.0855. The summed E-state index contributed by atoms with van der Waals surface area (Å²) in [6, 6.07) is 12.0. The van der Waals surface area contributed by atoms with Crippen LogP contribution in [0.5, 0.6) is 11.5 Å². The zero-order valence-corrected chi connectivity index (χ0v) is 24.1. The Morgan fingerprint density at radius 2 is 1.65 bits per heavy atom. The summed E-state index contributed by atoms with van der Waals surface area (Å²) in [5.74, 6) is -0.575. The van der Waals surface area contributed by atoms with Crippen molar-refractivity contribution >= 4 is 32.7 Å². The maximum Gasteiger partial charge on any atom is 0.264 e. The molecule has 0 radical (unpaired) electrons. The molecule has 6 nitrogen and oxygen atoms in total. The molecule has 0 saturated heterocycles. The Hall–Kier alpha value is -2.69. The zero-order chi connectivity index (χ0) is 26.5. The minimum absolute atomic E-state index is 0. The van der Waals surface area contributed by atoms with Crippen LogP contribution in [-0.2, 0) is 22.9 Å². The molecule has 3 aromatic carbocycles. The number of nitrogens with zero attached hydrogens (tertiary/aromatic N) is 1. The van der Waals surface area contributed by atoms with Gasteiger partial charge in [0.25, 0.3) is 10.0 Å². The van der Waals surface area contributed by atoms with E-state index in [1.807, 2.05) is 13.8 Å². The number of likely N-dealkylation sites (N-methyl/N-ethyl adjacent to an activating group) is 1. The van der Waals surface area contributed by atoms with E-state index in [2.05, 4.69) is 5.32 Å². The summed E-state index contributed by atoms with van der Waals surface area (Å²) in [6.45, 7) is 4.15. The van der Waals surface area contributed by atoms with Gasteiger partial charge in [-0.2, -0.15) is 0 Å². The molecule has 0 aliphatic rings. The summed E-state index contributed by atoms with van der Waals surface area (Å²) in [5.41, 5.74) is 2.07. The molecule has 0 aromatic heterocycles. The number of aryl methyl sites for hydroxylation is 1. The highest BCUT2D eigenvalue weighted by Crippen LogP contribution is 2.38. The monoisotopic (exact) mass is 598 g/mol. The lowest BCUT2D eigenvalue weighted by Crippen LogP contribution is -2.37. The highest BCUT2D eigenvalue weighted by molar-refractivity contribution is 8.93. The third kappa shape index (κ3) is 6.42. The first-order valence-corrected chi connectivity index (χ1v) is 13.1. The van der Waals surface area contributed by atoms with Crippen LogP contribution in [-0.4, -0.2) is 42.8 Å². The second kappa shape index (κ2) is 13.2. The van der Waals surface area contributed by atoms with Crippen molar-refractivity contribution in [2.75, 3.05) is 38.7 Å². The van der Waals surface area contributed by atoms with Gasteiger partial charge in [0.15, 0.2) is 11.5 Å². The Morgan fingerprint density at radius 3 is 2.22 bits per heavy atom. The summed E-state index contributed by atoms with van der Waals surface area (Å²) in [5, 5.41) is 2.99. The van der Waals surface area contributed by atoms with Crippen molar-refractivity contribution in [2.45, 2.75) is 31.6 Å². The zero-order valence-electron chi connectivity index (χ0n) is 21.6. The van der Waals surface area contributed by atoms with Crippen molar-refractivity contribution in [3.8, 4) is 11.5 Å². The highest BCUT2D eigenvalue weighted by Gasteiger charge is 2.31. The van der Waals surface area contributed by atoms with Crippen molar-refractivity contribution in [1.29, 1.82) is 0 Å². The van der Waals surface area contributed by atoms with Gasteiger partial charge in [-0.05, 0) is 56.3 Å². The van der Waals surface area contributed by atoms with E-state index in [4.69, 9.17) is 9.47 Å². The summed E-state index contributed by atoms with van der Waals surface area (Å²) < 4.78 is 69.5. The van der Waals surface area contributed by atoms with E-state index in [0.29, 0.717) is 41.3 Å². The Balaban J connectivity index is 0.00000481. The van der Waals surface area contributed by atoms with Crippen LogP contribution in [0.25, 0.3) is 0 Å². The fourth-order valence-corrected chi connectivity index (χ4v) is 6.04. The summed E-state index contributed by atoms with van der Waals surface area (Å²) in [7, 11) is 0.578. The van der Waals surface area contributed by atoms with Crippen LogP contribution in [0, 0.1) is 18.6 Å². The molecule has 0 aliphatic carbocycles. The third-order valence-corrected chi connectivity index (χ3v) is 7.92. The first kappa shape index (κ1) is 30.5. The second-order valence-electron chi connectivity index (χ2n) is 8.32. The van der Waals surface area contributed by atoms with Gasteiger partial charge in [0.1, 0.15) is 11.6 Å². The van der Waals surface area contributed by atoms with Gasteiger partial charge in [-0.25, -0.2) is 17.2 Å². The molecule has 0 unspecified atom stereocenters. The Kier molecular flexibility index (Phi) is 10.9. The molecule has 0 spiro atoms. The number of anilines is 1. The molecule has 0 fully saturated rings. The van der Waals surface area contributed by atoms with Crippen LogP contribution in [0.4, 0.5) is 14.5 Å². The van der Waals surface area contributed by atoms with E-state index in [1.54, 1.807) is 31.3 Å². The number of nitrogens with one attached hydrogen (secondary N) is 1. The molecule has 10 heteroatoms. The molecule has 3 aromatic rings. The van der Waals surface area contributed by atoms with Crippen LogP contribution in [0.15, 0.2) is 53.4 Å². The van der Waals surface area contributed by atoms with Crippen molar-refractivity contribution < 1.29 is 26.7 Å². The average molecular weight is 600 g/mol. The first-order valence-electron chi connectivity index (χ1n) is 11.6. The molecule has 0 heterocycles. The molecule has 0 saturated carbocycles. The van der Waals surface area contributed by atoms with Gasteiger partial charge in [0.2, 0.25) is 0 Å². The van der Waals surface area contributed by atoms with Gasteiger partial charge in [0, 0.05) is 30.6 Å². The highest BCUT2D eigenvalue weighted by atomic mass is 79.9. The predicted octanol–water partition coefficient (Wildman–Crippen LogP) is 5.44. The Labute approximate surface area is 228 Å². The third-order valence-electron chi connectivity index (χ3n) is 6.02. The lowest BCUT2D eigenvalue weighted by Gasteiger charge is -2.28. The smallest absolute Gasteiger partial charge is 0.264 e. The number of hydrogen-bond donors (Lipinski definition) is 1. The van der Waals surface area contributed by atoms with Gasteiger partial charge in [-0.1, -0.05) is 30.7 Å². The normalized spacial score (nSPS) is 11.1. The molecule has 0 bridgehead atoms. The van der Waals surface area contributed by atoms with E-state index in [1.165, 1.54) is 42.8 Å². The molecule has 0 aliphatic heterocycles. The van der Waals surface area contributed by atoms with Gasteiger partial charge < -0.3 is 14.8 Å². The van der Waals surface area contributed by atoms with E-state index >= 15 is 0 Å². The fraction of sp³-hybridized carbons (Fsp3) is 0.333. The van der Waals surface area contributed by atoms with Gasteiger partial charge in [-0.3, -0.25) is 4.31 Å². The lowest BCUT2D eigenvalue weighted by molar-refractivity contribution is 0.350. The molecule has 0 atom stereocenters. The second-order valence-corrected chi connectivity index (χ2v) is 10.2. The number of rotatable bonds is 11. The van der Waals surface area contributed by atoms with Crippen LogP contribution < -0.4 is 19.1 Å². The molecule has 37 heavy (non-hydrogen) atoms. The standard InChI is InChI=1S/C27H32F2N2O4S.BrH/c1-6-20-26(13-12-25(34-4)27(20)35-5)36(32,33)31(15-14-30-3)24-11-10-18(2)16-19(24)17-21-22(28)8-7-9-23(21)29;/h7-13,16,30H,6,14-15,17H2,1-5H3;1H. The van der Waals surface area contributed by atoms with Crippen LogP contribution >= 0.6 is 17.0 Å². The molecule has 202 valence electrons. The number of sulfonamides is 1. The van der Waals surface area contributed by atoms with Crippen molar-refractivity contribution in [3.05, 3.63) is 82.4 Å². The van der Waals surface area contributed by atoms with Crippen LogP contribution in [0.1, 0.15) is 29.2 Å². The first-order chi connectivity index (χ1) is 17.2. The Bertz CT molecular complexity index is 1320. The van der Waals surface area contributed by atoms with Crippen molar-refractivity contribution in [1.82, 2.24) is 5.32 Å². The van der Waals surface area contributed by atoms with E-state index in [9.17, 15) is 17.2 Å². The molecule has 3 rings (SSSR count). The number of halogens is 3. The van der Waals surface area contributed by atoms with Crippen LogP contribution in [0.2, 0.25) is 0 Å². The molecular formula is C27H33BrF2N2O4S. The average Bonchev–Trinajstić information content (AvgIpc) is 2.86. The maximum absolute atomic E-state index is 14.5. The van der Waals surface area contributed by atoms with Gasteiger partial charge >= 0.3 is 0 Å². The summed E-state index contributed by atoms with van der Waals surface area (Å²) >= 11 is 0. The molecular weight excluding hydrogens is 566 g/mol. The number of methoxy groups -OCH3 is 2. The summed E-state index contributed by atoms with van der Waals surface area (Å²) in [6.07, 6.45) is 0.281. The van der Waals surface area contributed by atoms with Gasteiger partial charge in [-0.15, -0.1) is 17.0 Å². The van der Waals surface area contributed by atoms with E-state index in [-0.39, 0.29) is 40.4 Å². The topological polar surface area (TPSA) is 67.9 Å². The minimum atomic E-state index is -4.10. The van der Waals surface area contributed by atoms with E-state index < -0.39 is 21.7 Å². The van der Waals surface area contributed by atoms with Gasteiger partial charge in [0.05, 0.1) is 24.8 Å². The number of benzene rings is 3. The van der Waals surface area contributed by atoms with Crippen LogP contribution in [0.3, 0.4) is 0 Å². The van der Waals surface area contributed by atoms with Crippen molar-refractivity contribution in [2.24, 2.45) is 0 Å². The Morgan fingerprint density at radius 1 is 0.973 bits per heavy atom. The fourth-order valence-electron chi connectivity index (χ4n) is 4.24. The maximum atomic E-state index is 14.5. The number of ether oxygens (including phenoxy) is 2. The SMILES string of the molecule is Br.CCc1c(S(=O)(=O)N(CCNC)c2ccc(C)cc2Cc2c(F)cccc2F)ccc(OC)c1OC. The molecule has 0 amide bonds. The predicted molar refractivity (Wildman–Crippen MR) is 148 cm³/mol. The molecule has 1 N–H and O–H groups in total. The van der Waals surface area contributed by atoms with E-state index in [0.717, 1.165) is 5.56 Å². The number of hydrogen-bond acceptors (Lipinski definition) is 5. The van der Waals surface area contributed by atoms with Crippen molar-refractivity contribution in [3.63, 3.8) is 0 Å².